The molecule has 0 saturated heterocycles. The summed E-state index contributed by atoms with van der Waals surface area (Å²) in [5.74, 6) is -1.87. The van der Waals surface area contributed by atoms with Crippen LogP contribution in [0.2, 0.25) is 15.1 Å². The fraction of sp³-hybridized carbons (Fsp3) is 0.292. The van der Waals surface area contributed by atoms with E-state index < -0.39 is 12.1 Å². The van der Waals surface area contributed by atoms with Crippen LogP contribution in [0.4, 0.5) is 13.2 Å². The van der Waals surface area contributed by atoms with Gasteiger partial charge in [-0.2, -0.15) is 13.2 Å². The molecule has 0 fully saturated rings. The Morgan fingerprint density at radius 1 is 1.24 bits per heavy atom. The number of aryl methyl sites for hydroxylation is 1. The first-order chi connectivity index (χ1) is 15.5. The van der Waals surface area contributed by atoms with E-state index in [1.54, 1.807) is 6.08 Å². The molecule has 1 N–H and O–H groups in total. The predicted molar refractivity (Wildman–Crippen MR) is 135 cm³/mol. The molecule has 0 heterocycles. The molecular weight excluding hydrogens is 512 g/mol. The fourth-order valence-electron chi connectivity index (χ4n) is 3.92. The Kier molecular flexibility index (Phi) is 8.38. The van der Waals surface area contributed by atoms with Gasteiger partial charge in [0.05, 0.1) is 27.0 Å². The van der Waals surface area contributed by atoms with E-state index in [4.69, 9.17) is 47.0 Å². The van der Waals surface area contributed by atoms with Gasteiger partial charge in [0.2, 0.25) is 0 Å². The smallest absolute Gasteiger partial charge is 0.359 e. The Labute approximate surface area is 212 Å². The zero-order valence-corrected chi connectivity index (χ0v) is 20.8. The molecule has 3 rings (SSSR count). The number of benzene rings is 2. The van der Waals surface area contributed by atoms with Gasteiger partial charge in [-0.05, 0) is 59.4 Å². The third-order valence-electron chi connectivity index (χ3n) is 5.60. The molecule has 0 spiro atoms. The molecule has 0 aliphatic heterocycles. The minimum absolute atomic E-state index is 0.0185. The Morgan fingerprint density at radius 3 is 2.52 bits per heavy atom. The van der Waals surface area contributed by atoms with Crippen molar-refractivity contribution in [1.82, 2.24) is 10.2 Å². The minimum Gasteiger partial charge on any atom is -0.359 e. The van der Waals surface area contributed by atoms with Gasteiger partial charge in [0.15, 0.2) is 5.11 Å². The Balaban J connectivity index is 1.84. The molecule has 2 atom stereocenters. The van der Waals surface area contributed by atoms with Gasteiger partial charge >= 0.3 is 6.18 Å². The van der Waals surface area contributed by atoms with Crippen LogP contribution in [0.15, 0.2) is 49.1 Å². The lowest BCUT2D eigenvalue weighted by molar-refractivity contribution is -0.139. The number of rotatable bonds is 6. The second kappa shape index (κ2) is 10.7. The quantitative estimate of drug-likeness (QED) is 0.230. The Hall–Kier alpha value is -1.73. The maximum absolute atomic E-state index is 13.8. The summed E-state index contributed by atoms with van der Waals surface area (Å²) in [6, 6.07) is 8.21. The van der Waals surface area contributed by atoms with Crippen LogP contribution in [-0.2, 0) is 6.42 Å². The number of hydrogen-bond donors (Lipinski definition) is 1. The maximum atomic E-state index is 13.8. The zero-order chi connectivity index (χ0) is 24.3. The summed E-state index contributed by atoms with van der Waals surface area (Å²) in [6.45, 7) is 4.26. The van der Waals surface area contributed by atoms with Crippen molar-refractivity contribution in [2.24, 2.45) is 0 Å². The van der Waals surface area contributed by atoms with Crippen molar-refractivity contribution >= 4 is 58.2 Å². The SMILES string of the molecule is C=CCNC(=S)N(C)C1CCc2cc(/C=C/C(c3cc(Cl)c(Cl)c(Cl)c3)C(F)(F)F)ccc21. The average Bonchev–Trinajstić information content (AvgIpc) is 3.17. The first kappa shape index (κ1) is 25.9. The van der Waals surface area contributed by atoms with Gasteiger partial charge in [0.25, 0.3) is 0 Å². The molecule has 33 heavy (non-hydrogen) atoms. The molecule has 2 aromatic rings. The van der Waals surface area contributed by atoms with Crippen molar-refractivity contribution in [2.75, 3.05) is 13.6 Å². The highest BCUT2D eigenvalue weighted by Gasteiger charge is 2.39. The van der Waals surface area contributed by atoms with E-state index in [1.807, 2.05) is 30.1 Å². The summed E-state index contributed by atoms with van der Waals surface area (Å²) in [6.07, 6.45) is 1.51. The number of nitrogens with one attached hydrogen (secondary N) is 1. The molecule has 176 valence electrons. The van der Waals surface area contributed by atoms with Crippen LogP contribution in [0.25, 0.3) is 6.08 Å². The van der Waals surface area contributed by atoms with Crippen molar-refractivity contribution < 1.29 is 13.2 Å². The second-order valence-electron chi connectivity index (χ2n) is 7.78. The molecule has 0 radical (unpaired) electrons. The third kappa shape index (κ3) is 6.04. The monoisotopic (exact) mass is 532 g/mol. The summed E-state index contributed by atoms with van der Waals surface area (Å²) >= 11 is 23.2. The maximum Gasteiger partial charge on any atom is 0.399 e. The van der Waals surface area contributed by atoms with Gasteiger partial charge in [-0.25, -0.2) is 0 Å². The van der Waals surface area contributed by atoms with Crippen LogP contribution in [0.5, 0.6) is 0 Å². The average molecular weight is 534 g/mol. The van der Waals surface area contributed by atoms with Crippen molar-refractivity contribution in [1.29, 1.82) is 0 Å². The molecule has 0 amide bonds. The van der Waals surface area contributed by atoms with Gasteiger partial charge in [-0.15, -0.1) is 6.58 Å². The number of thiocarbonyl (C=S) groups is 1. The molecular formula is C24H22Cl3F3N2S. The van der Waals surface area contributed by atoms with E-state index in [-0.39, 0.29) is 26.7 Å². The van der Waals surface area contributed by atoms with Crippen LogP contribution < -0.4 is 5.32 Å². The van der Waals surface area contributed by atoms with Gasteiger partial charge in [0.1, 0.15) is 0 Å². The lowest BCUT2D eigenvalue weighted by Gasteiger charge is -2.28. The van der Waals surface area contributed by atoms with Crippen molar-refractivity contribution in [3.05, 3.63) is 86.4 Å². The van der Waals surface area contributed by atoms with Gasteiger partial charge in [0, 0.05) is 13.6 Å². The lowest BCUT2D eigenvalue weighted by Crippen LogP contribution is -2.38. The van der Waals surface area contributed by atoms with Gasteiger partial charge in [-0.1, -0.05) is 71.2 Å². The summed E-state index contributed by atoms with van der Waals surface area (Å²) < 4.78 is 41.4. The standard InChI is InChI=1S/C24H22Cl3F3N2S/c1-3-10-31-23(33)32(2)21-9-6-15-11-14(4-7-17(15)21)5-8-18(24(28,29)30)16-12-19(25)22(27)20(26)13-16/h3-5,7-8,11-13,18,21H,1,6,9-10H2,2H3,(H,31,33)/b8-5+. The molecule has 2 aromatic carbocycles. The molecule has 0 saturated carbocycles. The van der Waals surface area contributed by atoms with Crippen molar-refractivity contribution in [3.63, 3.8) is 0 Å². The predicted octanol–water partition coefficient (Wildman–Crippen LogP) is 7.99. The van der Waals surface area contributed by atoms with E-state index in [1.165, 1.54) is 18.2 Å². The Bertz CT molecular complexity index is 1060. The molecule has 1 aliphatic carbocycles. The number of allylic oxidation sites excluding steroid dienone is 1. The molecule has 2 nitrogen and oxygen atoms in total. The number of fused-ring (bicyclic) bond motifs is 1. The van der Waals surface area contributed by atoms with Crippen LogP contribution in [-0.4, -0.2) is 29.8 Å². The fourth-order valence-corrected chi connectivity index (χ4v) is 4.74. The van der Waals surface area contributed by atoms with Gasteiger partial charge in [-0.3, -0.25) is 0 Å². The molecule has 1 aliphatic rings. The van der Waals surface area contributed by atoms with E-state index >= 15 is 0 Å². The number of hydrogen-bond acceptors (Lipinski definition) is 1. The molecule has 2 unspecified atom stereocenters. The first-order valence-electron chi connectivity index (χ1n) is 10.2. The molecule has 0 aromatic heterocycles. The van der Waals surface area contributed by atoms with Crippen molar-refractivity contribution in [2.45, 2.75) is 31.0 Å². The number of alkyl halides is 3. The van der Waals surface area contributed by atoms with Gasteiger partial charge < -0.3 is 10.2 Å². The normalized spacial score (nSPS) is 16.5. The highest BCUT2D eigenvalue weighted by molar-refractivity contribution is 7.80. The Morgan fingerprint density at radius 2 is 1.91 bits per heavy atom. The first-order valence-corrected chi connectivity index (χ1v) is 11.7. The molecule has 0 bridgehead atoms. The number of halogens is 6. The topological polar surface area (TPSA) is 15.3 Å². The second-order valence-corrected chi connectivity index (χ2v) is 9.35. The largest absolute Gasteiger partial charge is 0.399 e. The summed E-state index contributed by atoms with van der Waals surface area (Å²) in [5.41, 5.74) is 2.84. The summed E-state index contributed by atoms with van der Waals surface area (Å²) in [4.78, 5) is 2.01. The van der Waals surface area contributed by atoms with E-state index in [0.717, 1.165) is 30.0 Å². The van der Waals surface area contributed by atoms with Crippen LogP contribution in [0.1, 0.15) is 40.6 Å². The van der Waals surface area contributed by atoms with E-state index in [0.29, 0.717) is 17.2 Å². The summed E-state index contributed by atoms with van der Waals surface area (Å²) in [7, 11) is 1.93. The summed E-state index contributed by atoms with van der Waals surface area (Å²) in [5, 5.41) is 3.74. The van der Waals surface area contributed by atoms with Crippen LogP contribution in [0, 0.1) is 0 Å². The lowest BCUT2D eigenvalue weighted by atomic mass is 9.96. The molecule has 9 heteroatoms. The highest BCUT2D eigenvalue weighted by atomic mass is 35.5. The zero-order valence-electron chi connectivity index (χ0n) is 17.7. The third-order valence-corrected chi connectivity index (χ3v) is 7.23. The van der Waals surface area contributed by atoms with Crippen LogP contribution in [0.3, 0.4) is 0 Å². The highest BCUT2D eigenvalue weighted by Crippen LogP contribution is 2.41. The number of nitrogens with zero attached hydrogens (tertiary/aromatic N) is 1. The van der Waals surface area contributed by atoms with E-state index in [9.17, 15) is 13.2 Å². The van der Waals surface area contributed by atoms with Crippen LogP contribution >= 0.6 is 47.0 Å². The van der Waals surface area contributed by atoms with Crippen molar-refractivity contribution in [3.8, 4) is 0 Å². The van der Waals surface area contributed by atoms with E-state index in [2.05, 4.69) is 11.9 Å². The minimum atomic E-state index is -4.52.